The van der Waals surface area contributed by atoms with Crippen molar-refractivity contribution in [3.63, 3.8) is 0 Å². The van der Waals surface area contributed by atoms with Crippen molar-refractivity contribution < 1.29 is 9.32 Å². The minimum absolute atomic E-state index is 0.213. The Morgan fingerprint density at radius 3 is 2.88 bits per heavy atom. The summed E-state index contributed by atoms with van der Waals surface area (Å²) in [5.41, 5.74) is 3.43. The van der Waals surface area contributed by atoms with E-state index in [0.29, 0.717) is 5.56 Å². The van der Waals surface area contributed by atoms with Crippen molar-refractivity contribution in [3.8, 4) is 0 Å². The van der Waals surface area contributed by atoms with Crippen molar-refractivity contribution in [3.05, 3.63) is 47.3 Å². The lowest BCUT2D eigenvalue weighted by Gasteiger charge is -2.08. The van der Waals surface area contributed by atoms with Gasteiger partial charge >= 0.3 is 0 Å². The van der Waals surface area contributed by atoms with E-state index in [1.165, 1.54) is 12.5 Å². The third kappa shape index (κ3) is 1.95. The molecule has 4 heteroatoms. The molecule has 0 saturated heterocycles. The molecule has 0 aliphatic heterocycles. The van der Waals surface area contributed by atoms with Crippen LogP contribution in [-0.4, -0.2) is 11.1 Å². The topological polar surface area (TPSA) is 55.1 Å². The van der Waals surface area contributed by atoms with Crippen molar-refractivity contribution >= 4 is 11.6 Å². The van der Waals surface area contributed by atoms with Crippen LogP contribution in [0.15, 0.2) is 35.2 Å². The normalized spacial score (nSPS) is 10.1. The van der Waals surface area contributed by atoms with E-state index in [4.69, 9.17) is 0 Å². The molecule has 1 heterocycles. The molecule has 0 fully saturated rings. The van der Waals surface area contributed by atoms with Crippen LogP contribution >= 0.6 is 0 Å². The van der Waals surface area contributed by atoms with Crippen molar-refractivity contribution in [2.75, 3.05) is 5.32 Å². The summed E-state index contributed by atoms with van der Waals surface area (Å²) in [6, 6.07) is 5.78. The molecule has 0 saturated carbocycles. The Bertz CT molecular complexity index is 504. The van der Waals surface area contributed by atoms with Gasteiger partial charge in [0, 0.05) is 5.69 Å². The van der Waals surface area contributed by atoms with E-state index in [9.17, 15) is 4.79 Å². The van der Waals surface area contributed by atoms with Crippen molar-refractivity contribution in [1.29, 1.82) is 0 Å². The Labute approximate surface area is 93.3 Å². The van der Waals surface area contributed by atoms with E-state index in [2.05, 4.69) is 15.0 Å². The minimum atomic E-state index is -0.213. The van der Waals surface area contributed by atoms with Crippen LogP contribution in [0.25, 0.3) is 0 Å². The van der Waals surface area contributed by atoms with Crippen molar-refractivity contribution in [2.24, 2.45) is 0 Å². The highest BCUT2D eigenvalue weighted by atomic mass is 16.5. The zero-order valence-corrected chi connectivity index (χ0v) is 9.15. The third-order valence-electron chi connectivity index (χ3n) is 2.55. The Balaban J connectivity index is 2.22. The second-order valence-corrected chi connectivity index (χ2v) is 3.61. The molecule has 4 nitrogen and oxygen atoms in total. The molecule has 1 aromatic heterocycles. The fraction of sp³-hybridized carbons (Fsp3) is 0.167. The van der Waals surface area contributed by atoms with Gasteiger partial charge in [-0.3, -0.25) is 4.79 Å². The van der Waals surface area contributed by atoms with Crippen LogP contribution in [0, 0.1) is 13.8 Å². The lowest BCUT2D eigenvalue weighted by Crippen LogP contribution is -2.12. The number of nitrogens with zero attached hydrogens (tertiary/aromatic N) is 1. The van der Waals surface area contributed by atoms with E-state index in [1.807, 2.05) is 32.0 Å². The highest BCUT2D eigenvalue weighted by molar-refractivity contribution is 6.04. The Morgan fingerprint density at radius 1 is 1.38 bits per heavy atom. The summed E-state index contributed by atoms with van der Waals surface area (Å²) in [6.07, 6.45) is 2.71. The van der Waals surface area contributed by atoms with Gasteiger partial charge in [0.15, 0.2) is 0 Å². The second kappa shape index (κ2) is 4.18. The average molecular weight is 216 g/mol. The Hall–Kier alpha value is -2.10. The van der Waals surface area contributed by atoms with Gasteiger partial charge in [-0.2, -0.15) is 0 Å². The van der Waals surface area contributed by atoms with E-state index < -0.39 is 0 Å². The first kappa shape index (κ1) is 10.4. The number of aryl methyl sites for hydroxylation is 1. The quantitative estimate of drug-likeness (QED) is 0.839. The molecule has 16 heavy (non-hydrogen) atoms. The number of carbonyl (C=O) groups is 1. The highest BCUT2D eigenvalue weighted by Gasteiger charge is 2.09. The third-order valence-corrected chi connectivity index (χ3v) is 2.55. The van der Waals surface area contributed by atoms with Crippen LogP contribution < -0.4 is 5.32 Å². The van der Waals surface area contributed by atoms with Crippen LogP contribution in [0.5, 0.6) is 0 Å². The molecule has 0 atom stereocenters. The summed E-state index contributed by atoms with van der Waals surface area (Å²) in [7, 11) is 0. The number of hydrogen-bond acceptors (Lipinski definition) is 3. The standard InChI is InChI=1S/C12H12N2O2/c1-8-4-3-5-11(9(8)2)14-12(15)10-6-13-16-7-10/h3-7H,1-2H3,(H,14,15). The fourth-order valence-corrected chi connectivity index (χ4v) is 1.40. The number of hydrogen-bond donors (Lipinski definition) is 1. The van der Waals surface area contributed by atoms with Crippen molar-refractivity contribution in [1.82, 2.24) is 5.16 Å². The van der Waals surface area contributed by atoms with Crippen LogP contribution in [0.3, 0.4) is 0 Å². The van der Waals surface area contributed by atoms with E-state index in [-0.39, 0.29) is 5.91 Å². The molecule has 0 bridgehead atoms. The molecule has 82 valence electrons. The molecule has 1 amide bonds. The number of anilines is 1. The van der Waals surface area contributed by atoms with Gasteiger partial charge in [0.25, 0.3) is 5.91 Å². The molecular formula is C12H12N2O2. The highest BCUT2D eigenvalue weighted by Crippen LogP contribution is 2.18. The number of aromatic nitrogens is 1. The fourth-order valence-electron chi connectivity index (χ4n) is 1.40. The van der Waals surface area contributed by atoms with E-state index in [1.54, 1.807) is 0 Å². The predicted octanol–water partition coefficient (Wildman–Crippen LogP) is 2.54. The zero-order valence-electron chi connectivity index (χ0n) is 9.15. The number of amides is 1. The number of carbonyl (C=O) groups excluding carboxylic acids is 1. The monoisotopic (exact) mass is 216 g/mol. The summed E-state index contributed by atoms with van der Waals surface area (Å²) in [6.45, 7) is 3.98. The maximum atomic E-state index is 11.7. The van der Waals surface area contributed by atoms with Gasteiger partial charge in [-0.25, -0.2) is 0 Å². The first-order valence-corrected chi connectivity index (χ1v) is 4.95. The maximum Gasteiger partial charge on any atom is 0.260 e. The van der Waals surface area contributed by atoms with Crippen LogP contribution in [-0.2, 0) is 0 Å². The Morgan fingerprint density at radius 2 is 2.19 bits per heavy atom. The lowest BCUT2D eigenvalue weighted by atomic mass is 10.1. The smallest absolute Gasteiger partial charge is 0.260 e. The molecule has 0 aliphatic carbocycles. The van der Waals surface area contributed by atoms with Crippen LogP contribution in [0.4, 0.5) is 5.69 Å². The first-order valence-electron chi connectivity index (χ1n) is 4.95. The molecule has 1 aromatic carbocycles. The van der Waals surface area contributed by atoms with Gasteiger partial charge in [-0.15, -0.1) is 0 Å². The zero-order chi connectivity index (χ0) is 11.5. The lowest BCUT2D eigenvalue weighted by molar-refractivity contribution is 0.102. The van der Waals surface area contributed by atoms with Gasteiger partial charge in [-0.1, -0.05) is 17.3 Å². The molecular weight excluding hydrogens is 204 g/mol. The molecule has 0 unspecified atom stereocenters. The van der Waals surface area contributed by atoms with Gasteiger partial charge in [-0.05, 0) is 31.0 Å². The number of rotatable bonds is 2. The molecule has 2 aromatic rings. The van der Waals surface area contributed by atoms with E-state index in [0.717, 1.165) is 16.8 Å². The number of benzene rings is 1. The number of nitrogens with one attached hydrogen (secondary N) is 1. The van der Waals surface area contributed by atoms with Crippen molar-refractivity contribution in [2.45, 2.75) is 13.8 Å². The molecule has 0 aliphatic rings. The molecule has 0 radical (unpaired) electrons. The summed E-state index contributed by atoms with van der Waals surface area (Å²) < 4.78 is 4.62. The van der Waals surface area contributed by atoms with Crippen LogP contribution in [0.2, 0.25) is 0 Å². The predicted molar refractivity (Wildman–Crippen MR) is 60.4 cm³/mol. The minimum Gasteiger partial charge on any atom is -0.364 e. The SMILES string of the molecule is Cc1cccc(NC(=O)c2cnoc2)c1C. The van der Waals surface area contributed by atoms with Gasteiger partial charge in [0.05, 0.1) is 11.8 Å². The summed E-state index contributed by atoms with van der Waals surface area (Å²) in [5.74, 6) is -0.213. The molecule has 2 rings (SSSR count). The molecule has 0 spiro atoms. The van der Waals surface area contributed by atoms with Gasteiger partial charge in [0.1, 0.15) is 6.26 Å². The largest absolute Gasteiger partial charge is 0.364 e. The van der Waals surface area contributed by atoms with Gasteiger partial charge in [0.2, 0.25) is 0 Å². The molecule has 1 N–H and O–H groups in total. The maximum absolute atomic E-state index is 11.7. The Kier molecular flexibility index (Phi) is 2.72. The van der Waals surface area contributed by atoms with E-state index >= 15 is 0 Å². The second-order valence-electron chi connectivity index (χ2n) is 3.61. The van der Waals surface area contributed by atoms with Gasteiger partial charge < -0.3 is 9.84 Å². The summed E-state index contributed by atoms with van der Waals surface area (Å²) >= 11 is 0. The summed E-state index contributed by atoms with van der Waals surface area (Å²) in [4.78, 5) is 11.7. The van der Waals surface area contributed by atoms with Crippen LogP contribution in [0.1, 0.15) is 21.5 Å². The summed E-state index contributed by atoms with van der Waals surface area (Å²) in [5, 5.41) is 6.30. The first-order chi connectivity index (χ1) is 7.68. The average Bonchev–Trinajstić information content (AvgIpc) is 2.78.